The number of thiazole rings is 1. The van der Waals surface area contributed by atoms with E-state index in [4.69, 9.17) is 0 Å². The highest BCUT2D eigenvalue weighted by molar-refractivity contribution is 7.11. The van der Waals surface area contributed by atoms with Crippen LogP contribution in [0, 0.1) is 12.8 Å². The molecule has 0 spiro atoms. The summed E-state index contributed by atoms with van der Waals surface area (Å²) in [7, 11) is 0. The Labute approximate surface area is 107 Å². The van der Waals surface area contributed by atoms with Crippen LogP contribution >= 0.6 is 11.3 Å². The van der Waals surface area contributed by atoms with Crippen molar-refractivity contribution >= 4 is 17.2 Å². The van der Waals surface area contributed by atoms with Crippen LogP contribution in [-0.4, -0.2) is 27.9 Å². The molecule has 1 aromatic rings. The topological polar surface area (TPSA) is 33.2 Å². The quantitative estimate of drug-likeness (QED) is 0.825. The molecule has 0 aromatic carbocycles. The second-order valence-corrected chi connectivity index (χ2v) is 6.05. The van der Waals surface area contributed by atoms with Gasteiger partial charge in [0.1, 0.15) is 4.88 Å². The van der Waals surface area contributed by atoms with E-state index < -0.39 is 0 Å². The third-order valence-corrected chi connectivity index (χ3v) is 4.43. The van der Waals surface area contributed by atoms with Crippen LogP contribution in [0.4, 0.5) is 0 Å². The maximum absolute atomic E-state index is 12.6. The fourth-order valence-corrected chi connectivity index (χ4v) is 2.73. The Morgan fingerprint density at radius 1 is 1.47 bits per heavy atom. The minimum Gasteiger partial charge on any atom is -0.332 e. The molecular formula is C13H20N2OS. The van der Waals surface area contributed by atoms with E-state index in [9.17, 15) is 4.79 Å². The Kier molecular flexibility index (Phi) is 3.52. The Bertz CT molecular complexity index is 409. The molecule has 1 heterocycles. The van der Waals surface area contributed by atoms with Crippen LogP contribution in [0.15, 0.2) is 5.51 Å². The highest BCUT2D eigenvalue weighted by Gasteiger charge is 2.37. The van der Waals surface area contributed by atoms with Crippen molar-refractivity contribution in [3.05, 3.63) is 16.1 Å². The summed E-state index contributed by atoms with van der Waals surface area (Å²) in [6.45, 7) is 8.41. The summed E-state index contributed by atoms with van der Waals surface area (Å²) < 4.78 is 0. The zero-order chi connectivity index (χ0) is 12.6. The van der Waals surface area contributed by atoms with Crippen LogP contribution in [0.2, 0.25) is 0 Å². The Morgan fingerprint density at radius 2 is 2.12 bits per heavy atom. The molecule has 1 atom stereocenters. The highest BCUT2D eigenvalue weighted by Crippen LogP contribution is 2.33. The van der Waals surface area contributed by atoms with Gasteiger partial charge in [-0.1, -0.05) is 13.8 Å². The smallest absolute Gasteiger partial charge is 0.266 e. The van der Waals surface area contributed by atoms with Gasteiger partial charge in [-0.25, -0.2) is 4.98 Å². The third-order valence-electron chi connectivity index (χ3n) is 3.52. The van der Waals surface area contributed by atoms with Gasteiger partial charge in [-0.2, -0.15) is 0 Å². The van der Waals surface area contributed by atoms with Crippen molar-refractivity contribution in [2.75, 3.05) is 0 Å². The standard InChI is InChI=1S/C13H20N2OS/c1-8(2)10(4)15(11-5-6-11)13(16)12-9(3)14-7-17-12/h7-8,10-11H,5-6H2,1-4H3/t10-/m1/s1. The SMILES string of the molecule is Cc1ncsc1C(=O)N(C1CC1)[C@H](C)C(C)C. The molecule has 4 heteroatoms. The van der Waals surface area contributed by atoms with Crippen molar-refractivity contribution in [3.63, 3.8) is 0 Å². The first kappa shape index (κ1) is 12.6. The average Bonchev–Trinajstić information content (AvgIpc) is 3.00. The van der Waals surface area contributed by atoms with Gasteiger partial charge in [0.05, 0.1) is 11.2 Å². The summed E-state index contributed by atoms with van der Waals surface area (Å²) in [5, 5.41) is 0. The first-order chi connectivity index (χ1) is 8.02. The first-order valence-corrected chi connectivity index (χ1v) is 7.13. The average molecular weight is 252 g/mol. The van der Waals surface area contributed by atoms with Crippen LogP contribution in [-0.2, 0) is 0 Å². The van der Waals surface area contributed by atoms with Crippen molar-refractivity contribution in [2.24, 2.45) is 5.92 Å². The maximum Gasteiger partial charge on any atom is 0.266 e. The van der Waals surface area contributed by atoms with E-state index in [2.05, 4.69) is 30.7 Å². The largest absolute Gasteiger partial charge is 0.332 e. The molecule has 1 saturated carbocycles. The van der Waals surface area contributed by atoms with Gasteiger partial charge < -0.3 is 4.90 Å². The van der Waals surface area contributed by atoms with Gasteiger partial charge in [0.15, 0.2) is 0 Å². The monoisotopic (exact) mass is 252 g/mol. The fourth-order valence-electron chi connectivity index (χ4n) is 1.98. The van der Waals surface area contributed by atoms with E-state index in [-0.39, 0.29) is 5.91 Å². The summed E-state index contributed by atoms with van der Waals surface area (Å²) in [6, 6.07) is 0.762. The summed E-state index contributed by atoms with van der Waals surface area (Å²) in [5.41, 5.74) is 2.62. The molecule has 1 aromatic heterocycles. The molecule has 0 unspecified atom stereocenters. The lowest BCUT2D eigenvalue weighted by Crippen LogP contribution is -2.43. The zero-order valence-corrected chi connectivity index (χ0v) is 11.8. The van der Waals surface area contributed by atoms with E-state index in [1.807, 2.05) is 6.92 Å². The first-order valence-electron chi connectivity index (χ1n) is 6.25. The minimum atomic E-state index is 0.175. The minimum absolute atomic E-state index is 0.175. The molecule has 0 bridgehead atoms. The number of hydrogen-bond acceptors (Lipinski definition) is 3. The van der Waals surface area contributed by atoms with Gasteiger partial charge in [-0.05, 0) is 32.6 Å². The number of aryl methyl sites for hydroxylation is 1. The summed E-state index contributed by atoms with van der Waals surface area (Å²) >= 11 is 1.46. The van der Waals surface area contributed by atoms with Crippen molar-refractivity contribution in [2.45, 2.75) is 52.6 Å². The van der Waals surface area contributed by atoms with Gasteiger partial charge in [0, 0.05) is 12.1 Å². The molecule has 0 N–H and O–H groups in total. The van der Waals surface area contributed by atoms with Gasteiger partial charge in [0.2, 0.25) is 0 Å². The van der Waals surface area contributed by atoms with Crippen molar-refractivity contribution in [1.29, 1.82) is 0 Å². The Balaban J connectivity index is 2.22. The zero-order valence-electron chi connectivity index (χ0n) is 10.9. The predicted molar refractivity (Wildman–Crippen MR) is 70.3 cm³/mol. The molecule has 0 radical (unpaired) electrons. The molecule has 94 valence electrons. The Hall–Kier alpha value is -0.900. The van der Waals surface area contributed by atoms with Gasteiger partial charge in [0.25, 0.3) is 5.91 Å². The number of aromatic nitrogens is 1. The molecule has 1 aliphatic carbocycles. The lowest BCUT2D eigenvalue weighted by Gasteiger charge is -2.31. The van der Waals surface area contributed by atoms with Crippen LogP contribution in [0.25, 0.3) is 0 Å². The number of carbonyl (C=O) groups excluding carboxylic acids is 1. The van der Waals surface area contributed by atoms with Gasteiger partial charge >= 0.3 is 0 Å². The van der Waals surface area contributed by atoms with Crippen molar-refractivity contribution in [1.82, 2.24) is 9.88 Å². The van der Waals surface area contributed by atoms with E-state index in [0.29, 0.717) is 18.0 Å². The number of hydrogen-bond donors (Lipinski definition) is 0. The molecule has 1 amide bonds. The maximum atomic E-state index is 12.6. The van der Waals surface area contributed by atoms with E-state index in [1.165, 1.54) is 11.3 Å². The molecule has 3 nitrogen and oxygen atoms in total. The van der Waals surface area contributed by atoms with E-state index in [0.717, 1.165) is 23.4 Å². The molecule has 1 fully saturated rings. The van der Waals surface area contributed by atoms with Crippen molar-refractivity contribution in [3.8, 4) is 0 Å². The lowest BCUT2D eigenvalue weighted by molar-refractivity contribution is 0.0632. The Morgan fingerprint density at radius 3 is 2.53 bits per heavy atom. The highest BCUT2D eigenvalue weighted by atomic mass is 32.1. The molecule has 17 heavy (non-hydrogen) atoms. The second kappa shape index (κ2) is 4.77. The van der Waals surface area contributed by atoms with E-state index >= 15 is 0 Å². The number of nitrogens with zero attached hydrogens (tertiary/aromatic N) is 2. The van der Waals surface area contributed by atoms with Gasteiger partial charge in [-0.15, -0.1) is 11.3 Å². The van der Waals surface area contributed by atoms with Crippen LogP contribution in [0.3, 0.4) is 0 Å². The van der Waals surface area contributed by atoms with Crippen molar-refractivity contribution < 1.29 is 4.79 Å². The van der Waals surface area contributed by atoms with Crippen LogP contribution in [0.5, 0.6) is 0 Å². The number of rotatable bonds is 4. The molecular weight excluding hydrogens is 232 g/mol. The molecule has 2 rings (SSSR count). The predicted octanol–water partition coefficient (Wildman–Crippen LogP) is 3.10. The second-order valence-electron chi connectivity index (χ2n) is 5.20. The number of amides is 1. The lowest BCUT2D eigenvalue weighted by atomic mass is 10.0. The third kappa shape index (κ3) is 2.51. The molecule has 1 aliphatic rings. The number of carbonyl (C=O) groups is 1. The van der Waals surface area contributed by atoms with E-state index in [1.54, 1.807) is 5.51 Å². The molecule has 0 saturated heterocycles. The summed E-state index contributed by atoms with van der Waals surface area (Å²) in [6.07, 6.45) is 2.31. The van der Waals surface area contributed by atoms with Gasteiger partial charge in [-0.3, -0.25) is 4.79 Å². The summed E-state index contributed by atoms with van der Waals surface area (Å²) in [5.74, 6) is 0.668. The fraction of sp³-hybridized carbons (Fsp3) is 0.692. The molecule has 0 aliphatic heterocycles. The normalized spacial score (nSPS) is 17.2. The van der Waals surface area contributed by atoms with Crippen LogP contribution in [0.1, 0.15) is 49.0 Å². The summed E-state index contributed by atoms with van der Waals surface area (Å²) in [4.78, 5) is 19.6. The van der Waals surface area contributed by atoms with Crippen LogP contribution < -0.4 is 0 Å².